The van der Waals surface area contributed by atoms with Crippen molar-refractivity contribution in [1.82, 2.24) is 0 Å². The molecule has 0 aromatic heterocycles. The summed E-state index contributed by atoms with van der Waals surface area (Å²) in [4.78, 5) is 41.4. The second-order valence-electron chi connectivity index (χ2n) is 3.31. The van der Waals surface area contributed by atoms with Crippen molar-refractivity contribution in [2.24, 2.45) is 15.0 Å². The molecule has 1 unspecified atom stereocenters. The number of aliphatic imine (C=N–C) groups is 3. The fraction of sp³-hybridized carbons (Fsp3) is 0.636. The van der Waals surface area contributed by atoms with Crippen molar-refractivity contribution in [1.29, 1.82) is 0 Å². The first kappa shape index (κ1) is 15.9. The monoisotopic (exact) mass is 253 g/mol. The lowest BCUT2D eigenvalue weighted by molar-refractivity contribution is -0.144. The van der Waals surface area contributed by atoms with Crippen LogP contribution in [0.1, 0.15) is 19.3 Å². The molecule has 0 aromatic rings. The van der Waals surface area contributed by atoms with Crippen LogP contribution in [0.2, 0.25) is 0 Å². The third-order valence-electron chi connectivity index (χ3n) is 2.07. The maximum absolute atomic E-state index is 11.5. The van der Waals surface area contributed by atoms with Crippen molar-refractivity contribution < 1.29 is 19.1 Å². The van der Waals surface area contributed by atoms with E-state index in [1.54, 1.807) is 0 Å². The molecule has 0 heterocycles. The van der Waals surface area contributed by atoms with Gasteiger partial charge >= 0.3 is 5.97 Å². The molecule has 0 amide bonds. The normalized spacial score (nSPS) is 10.7. The Balaban J connectivity index is 3.84. The number of carbonyl (C=O) groups excluding carboxylic acids is 3. The Hall–Kier alpha value is -2.10. The lowest BCUT2D eigenvalue weighted by Gasteiger charge is -2.10. The van der Waals surface area contributed by atoms with E-state index in [0.717, 1.165) is 0 Å². The van der Waals surface area contributed by atoms with Crippen LogP contribution in [0, 0.1) is 0 Å². The van der Waals surface area contributed by atoms with Gasteiger partial charge in [0.2, 0.25) is 12.2 Å². The summed E-state index contributed by atoms with van der Waals surface area (Å²) in [7, 11) is 0. The average molecular weight is 253 g/mol. The Morgan fingerprint density at radius 3 is 2.44 bits per heavy atom. The molecule has 0 rings (SSSR count). The minimum atomic E-state index is -0.634. The number of hydrogen-bond acceptors (Lipinski definition) is 7. The standard InChI is InChI=1S/C11H15N3O4/c1-12-10(4-2-3-5-13-8-15)11(17)18-7-6-14-9-16/h10H,1-7H2. The number of carbonyl (C=O) groups is 1. The molecular weight excluding hydrogens is 238 g/mol. The lowest BCUT2D eigenvalue weighted by Crippen LogP contribution is -2.22. The van der Waals surface area contributed by atoms with Crippen LogP contribution in [0.15, 0.2) is 15.0 Å². The van der Waals surface area contributed by atoms with Crippen molar-refractivity contribution in [3.05, 3.63) is 0 Å². The first-order chi connectivity index (χ1) is 8.76. The molecular formula is C11H15N3O4. The van der Waals surface area contributed by atoms with Crippen LogP contribution >= 0.6 is 0 Å². The van der Waals surface area contributed by atoms with Crippen LogP contribution in [0.5, 0.6) is 0 Å². The maximum atomic E-state index is 11.5. The molecule has 0 saturated carbocycles. The average Bonchev–Trinajstić information content (AvgIpc) is 2.39. The number of hydrogen-bond donors (Lipinski definition) is 0. The number of rotatable bonds is 10. The summed E-state index contributed by atoms with van der Waals surface area (Å²) < 4.78 is 4.84. The van der Waals surface area contributed by atoms with Crippen LogP contribution in [0.25, 0.3) is 0 Å². The summed E-state index contributed by atoms with van der Waals surface area (Å²) in [6.07, 6.45) is 4.61. The van der Waals surface area contributed by atoms with E-state index in [1.807, 2.05) is 0 Å². The first-order valence-corrected chi connectivity index (χ1v) is 5.46. The zero-order chi connectivity index (χ0) is 13.6. The van der Waals surface area contributed by atoms with Gasteiger partial charge in [0.15, 0.2) is 0 Å². The molecule has 7 nitrogen and oxygen atoms in total. The number of unbranched alkanes of at least 4 members (excludes halogenated alkanes) is 1. The van der Waals surface area contributed by atoms with E-state index >= 15 is 0 Å². The van der Waals surface area contributed by atoms with Gasteiger partial charge in [-0.1, -0.05) is 0 Å². The molecule has 98 valence electrons. The van der Waals surface area contributed by atoms with Gasteiger partial charge in [-0.2, -0.15) is 0 Å². The highest BCUT2D eigenvalue weighted by atomic mass is 16.5. The van der Waals surface area contributed by atoms with Gasteiger partial charge in [-0.25, -0.2) is 24.4 Å². The molecule has 7 heteroatoms. The van der Waals surface area contributed by atoms with Crippen molar-refractivity contribution in [3.63, 3.8) is 0 Å². The molecule has 0 bridgehead atoms. The minimum absolute atomic E-state index is 0.0233. The van der Waals surface area contributed by atoms with Crippen molar-refractivity contribution >= 4 is 24.8 Å². The van der Waals surface area contributed by atoms with Gasteiger partial charge in [0.25, 0.3) is 0 Å². The largest absolute Gasteiger partial charge is 0.462 e. The third-order valence-corrected chi connectivity index (χ3v) is 2.07. The number of esters is 1. The van der Waals surface area contributed by atoms with E-state index in [1.165, 1.54) is 12.2 Å². The zero-order valence-corrected chi connectivity index (χ0v) is 10.0. The summed E-state index contributed by atoms with van der Waals surface area (Å²) >= 11 is 0. The number of ether oxygens (including phenoxy) is 1. The van der Waals surface area contributed by atoms with Crippen LogP contribution in [0.3, 0.4) is 0 Å². The first-order valence-electron chi connectivity index (χ1n) is 5.46. The smallest absolute Gasteiger partial charge is 0.330 e. The SMILES string of the molecule is C=NC(CCCCN=C=O)C(=O)OCCN=C=O. The van der Waals surface area contributed by atoms with Crippen LogP contribution in [-0.4, -0.2) is 50.6 Å². The van der Waals surface area contributed by atoms with E-state index < -0.39 is 12.0 Å². The molecule has 0 N–H and O–H groups in total. The van der Waals surface area contributed by atoms with Gasteiger partial charge in [-0.3, -0.25) is 4.99 Å². The molecule has 0 radical (unpaired) electrons. The quantitative estimate of drug-likeness (QED) is 0.244. The lowest BCUT2D eigenvalue weighted by atomic mass is 10.1. The fourth-order valence-corrected chi connectivity index (χ4v) is 1.19. The van der Waals surface area contributed by atoms with Crippen molar-refractivity contribution in [3.8, 4) is 0 Å². The molecule has 1 atom stereocenters. The molecule has 0 aliphatic carbocycles. The zero-order valence-electron chi connectivity index (χ0n) is 10.0. The summed E-state index contributed by atoms with van der Waals surface area (Å²) in [6, 6.07) is -0.634. The maximum Gasteiger partial charge on any atom is 0.330 e. The molecule has 0 aliphatic heterocycles. The van der Waals surface area contributed by atoms with Crippen molar-refractivity contribution in [2.75, 3.05) is 19.7 Å². The highest BCUT2D eigenvalue weighted by Gasteiger charge is 2.16. The van der Waals surface area contributed by atoms with Crippen LogP contribution < -0.4 is 0 Å². The highest BCUT2D eigenvalue weighted by Crippen LogP contribution is 2.06. The van der Waals surface area contributed by atoms with Gasteiger partial charge in [0, 0.05) is 0 Å². The Kier molecular flexibility index (Phi) is 10.1. The Morgan fingerprint density at radius 2 is 1.83 bits per heavy atom. The van der Waals surface area contributed by atoms with Crippen molar-refractivity contribution in [2.45, 2.75) is 25.3 Å². The summed E-state index contributed by atoms with van der Waals surface area (Å²) in [5.41, 5.74) is 0. The predicted molar refractivity (Wildman–Crippen MR) is 64.1 cm³/mol. The molecule has 0 fully saturated rings. The van der Waals surface area contributed by atoms with E-state index in [4.69, 9.17) is 4.74 Å². The van der Waals surface area contributed by atoms with Gasteiger partial charge in [-0.05, 0) is 26.0 Å². The Bertz CT molecular complexity index is 357. The highest BCUT2D eigenvalue weighted by molar-refractivity contribution is 5.76. The van der Waals surface area contributed by atoms with Gasteiger partial charge in [-0.15, -0.1) is 0 Å². The number of isocyanates is 2. The second kappa shape index (κ2) is 11.4. The topological polar surface area (TPSA) is 97.5 Å². The van der Waals surface area contributed by atoms with E-state index in [2.05, 4.69) is 21.7 Å². The van der Waals surface area contributed by atoms with E-state index in [-0.39, 0.29) is 13.2 Å². The molecule has 0 aliphatic rings. The summed E-state index contributed by atoms with van der Waals surface area (Å²) in [6.45, 7) is 3.82. The predicted octanol–water partition coefficient (Wildman–Crippen LogP) is 0.441. The van der Waals surface area contributed by atoms with Gasteiger partial charge < -0.3 is 4.74 Å². The van der Waals surface area contributed by atoms with E-state index in [9.17, 15) is 14.4 Å². The minimum Gasteiger partial charge on any atom is -0.462 e. The molecule has 0 saturated heterocycles. The number of nitrogens with zero attached hydrogens (tertiary/aromatic N) is 3. The summed E-state index contributed by atoms with van der Waals surface area (Å²) in [5.74, 6) is -0.495. The Morgan fingerprint density at radius 1 is 1.17 bits per heavy atom. The summed E-state index contributed by atoms with van der Waals surface area (Å²) in [5, 5.41) is 0. The molecule has 0 aromatic carbocycles. The molecule has 0 spiro atoms. The third kappa shape index (κ3) is 8.10. The van der Waals surface area contributed by atoms with E-state index in [0.29, 0.717) is 25.8 Å². The van der Waals surface area contributed by atoms with Gasteiger partial charge in [0.05, 0.1) is 13.1 Å². The molecule has 18 heavy (non-hydrogen) atoms. The van der Waals surface area contributed by atoms with Crippen LogP contribution in [0.4, 0.5) is 0 Å². The van der Waals surface area contributed by atoms with Gasteiger partial charge in [0.1, 0.15) is 12.6 Å². The second-order valence-corrected chi connectivity index (χ2v) is 3.31. The van der Waals surface area contributed by atoms with Crippen LogP contribution in [-0.2, 0) is 19.1 Å². The Labute approximate surface area is 105 Å². The fourth-order valence-electron chi connectivity index (χ4n) is 1.19.